The molecule has 8 heteroatoms. The number of amides is 2. The molecule has 6 nitrogen and oxygen atoms in total. The van der Waals surface area contributed by atoms with Crippen LogP contribution < -0.4 is 20.1 Å². The van der Waals surface area contributed by atoms with Gasteiger partial charge in [-0.25, -0.2) is 0 Å². The third kappa shape index (κ3) is 7.04. The molecule has 2 aromatic rings. The first-order chi connectivity index (χ1) is 15.3. The Morgan fingerprint density at radius 2 is 1.22 bits per heavy atom. The van der Waals surface area contributed by atoms with Crippen LogP contribution in [0, 0.1) is 13.8 Å². The summed E-state index contributed by atoms with van der Waals surface area (Å²) in [6.07, 6.45) is 3.59. The lowest BCUT2D eigenvalue weighted by Gasteiger charge is -2.32. The zero-order chi connectivity index (χ0) is 23.1. The van der Waals surface area contributed by atoms with Gasteiger partial charge in [0.05, 0.1) is 0 Å². The Balaban J connectivity index is 1.48. The van der Waals surface area contributed by atoms with Gasteiger partial charge >= 0.3 is 0 Å². The van der Waals surface area contributed by atoms with Crippen molar-refractivity contribution in [3.05, 3.63) is 57.6 Å². The monoisotopic (exact) mass is 478 g/mol. The van der Waals surface area contributed by atoms with Gasteiger partial charge in [-0.2, -0.15) is 0 Å². The van der Waals surface area contributed by atoms with Crippen LogP contribution in [0.15, 0.2) is 36.4 Å². The molecule has 2 atom stereocenters. The maximum absolute atomic E-state index is 12.5. The molecule has 1 aliphatic rings. The Bertz CT molecular complexity index is 890. The van der Waals surface area contributed by atoms with E-state index in [0.717, 1.165) is 36.8 Å². The van der Waals surface area contributed by atoms with E-state index in [1.807, 2.05) is 13.8 Å². The van der Waals surface area contributed by atoms with Crippen LogP contribution in [0.25, 0.3) is 0 Å². The van der Waals surface area contributed by atoms with Crippen LogP contribution in [-0.2, 0) is 9.59 Å². The number of carbonyl (C=O) groups excluding carboxylic acids is 2. The van der Waals surface area contributed by atoms with E-state index in [1.54, 1.807) is 36.4 Å². The molecule has 0 heterocycles. The first kappa shape index (κ1) is 24.2. The van der Waals surface area contributed by atoms with E-state index < -0.39 is 0 Å². The van der Waals surface area contributed by atoms with Crippen molar-refractivity contribution in [1.29, 1.82) is 0 Å². The smallest absolute Gasteiger partial charge is 0.258 e. The third-order valence-electron chi connectivity index (χ3n) is 5.45. The van der Waals surface area contributed by atoms with Gasteiger partial charge in [-0.3, -0.25) is 9.59 Å². The van der Waals surface area contributed by atoms with Gasteiger partial charge in [0.2, 0.25) is 0 Å². The number of ether oxygens (including phenoxy) is 2. The highest BCUT2D eigenvalue weighted by atomic mass is 35.5. The molecule has 3 rings (SSSR count). The van der Waals surface area contributed by atoms with Crippen molar-refractivity contribution in [2.75, 3.05) is 13.2 Å². The fraction of sp³-hybridized carbons (Fsp3) is 0.417. The number of aryl methyl sites for hydroxylation is 2. The SMILES string of the molecule is Cc1cc(Cl)ccc1OCC(=O)N[C@H]1CCCC[C@H]1NC(=O)COc1ccc(Cl)cc1C. The summed E-state index contributed by atoms with van der Waals surface area (Å²) < 4.78 is 11.3. The van der Waals surface area contributed by atoms with Gasteiger partial charge < -0.3 is 20.1 Å². The Kier molecular flexibility index (Phi) is 8.65. The molecule has 2 N–H and O–H groups in total. The topological polar surface area (TPSA) is 76.7 Å². The number of rotatable bonds is 8. The highest BCUT2D eigenvalue weighted by Gasteiger charge is 2.28. The van der Waals surface area contributed by atoms with Crippen molar-refractivity contribution in [1.82, 2.24) is 10.6 Å². The van der Waals surface area contributed by atoms with Crippen molar-refractivity contribution in [3.8, 4) is 11.5 Å². The molecule has 0 radical (unpaired) electrons. The molecule has 0 aromatic heterocycles. The zero-order valence-electron chi connectivity index (χ0n) is 18.3. The third-order valence-corrected chi connectivity index (χ3v) is 5.92. The molecular formula is C24H28Cl2N2O4. The number of halogens is 2. The molecule has 0 spiro atoms. The molecule has 0 unspecified atom stereocenters. The Morgan fingerprint density at radius 1 is 0.812 bits per heavy atom. The van der Waals surface area contributed by atoms with Gasteiger partial charge in [0.25, 0.3) is 11.8 Å². The first-order valence-corrected chi connectivity index (χ1v) is 11.4. The van der Waals surface area contributed by atoms with Crippen LogP contribution >= 0.6 is 23.2 Å². The average Bonchev–Trinajstić information content (AvgIpc) is 2.74. The maximum atomic E-state index is 12.5. The van der Waals surface area contributed by atoms with Gasteiger partial charge in [-0.15, -0.1) is 0 Å². The van der Waals surface area contributed by atoms with Crippen LogP contribution in [0.2, 0.25) is 10.0 Å². The number of hydrogen-bond donors (Lipinski definition) is 2. The van der Waals surface area contributed by atoms with E-state index >= 15 is 0 Å². The van der Waals surface area contributed by atoms with E-state index in [0.29, 0.717) is 21.5 Å². The van der Waals surface area contributed by atoms with Crippen LogP contribution in [0.1, 0.15) is 36.8 Å². The summed E-state index contributed by atoms with van der Waals surface area (Å²) in [6.45, 7) is 3.55. The number of nitrogens with one attached hydrogen (secondary N) is 2. The molecule has 0 aliphatic heterocycles. The minimum atomic E-state index is -0.224. The summed E-state index contributed by atoms with van der Waals surface area (Å²) in [4.78, 5) is 24.9. The maximum Gasteiger partial charge on any atom is 0.258 e. The Morgan fingerprint density at radius 3 is 1.59 bits per heavy atom. The average molecular weight is 479 g/mol. The van der Waals surface area contributed by atoms with Gasteiger partial charge in [0, 0.05) is 22.1 Å². The predicted octanol–water partition coefficient (Wildman–Crippen LogP) is 4.61. The summed E-state index contributed by atoms with van der Waals surface area (Å²) in [5.41, 5.74) is 1.73. The lowest BCUT2D eigenvalue weighted by Crippen LogP contribution is -2.54. The standard InChI is InChI=1S/C24H28Cl2N2O4/c1-15-11-17(25)7-9-21(15)31-13-23(29)27-19-5-3-4-6-20(19)28-24(30)14-32-22-10-8-18(26)12-16(22)2/h7-12,19-20H,3-6,13-14H2,1-2H3,(H,27,29)(H,28,30)/t19-,20+. The molecule has 1 aliphatic carbocycles. The van der Waals surface area contributed by atoms with Gasteiger partial charge in [-0.05, 0) is 74.2 Å². The minimum Gasteiger partial charge on any atom is -0.484 e. The van der Waals surface area contributed by atoms with Crippen molar-refractivity contribution >= 4 is 35.0 Å². The van der Waals surface area contributed by atoms with E-state index in [2.05, 4.69) is 10.6 Å². The van der Waals surface area contributed by atoms with E-state index in [4.69, 9.17) is 32.7 Å². The molecule has 2 aromatic carbocycles. The van der Waals surface area contributed by atoms with Crippen molar-refractivity contribution in [3.63, 3.8) is 0 Å². The van der Waals surface area contributed by atoms with E-state index in [9.17, 15) is 9.59 Å². The predicted molar refractivity (Wildman–Crippen MR) is 126 cm³/mol. The van der Waals surface area contributed by atoms with Crippen LogP contribution in [0.3, 0.4) is 0 Å². The van der Waals surface area contributed by atoms with Crippen LogP contribution in [0.5, 0.6) is 11.5 Å². The van der Waals surface area contributed by atoms with Crippen LogP contribution in [0.4, 0.5) is 0 Å². The van der Waals surface area contributed by atoms with Crippen LogP contribution in [-0.4, -0.2) is 37.1 Å². The number of hydrogen-bond acceptors (Lipinski definition) is 4. The summed E-state index contributed by atoms with van der Waals surface area (Å²) in [7, 11) is 0. The van der Waals surface area contributed by atoms with E-state index in [-0.39, 0.29) is 37.1 Å². The van der Waals surface area contributed by atoms with Crippen molar-refractivity contribution in [2.24, 2.45) is 0 Å². The summed E-state index contributed by atoms with van der Waals surface area (Å²) in [6, 6.07) is 10.2. The molecule has 172 valence electrons. The summed E-state index contributed by atoms with van der Waals surface area (Å²) in [5.74, 6) is 0.789. The quantitative estimate of drug-likeness (QED) is 0.580. The molecular weight excluding hydrogens is 451 g/mol. The normalized spacial score (nSPS) is 18.0. The van der Waals surface area contributed by atoms with Gasteiger partial charge in [0.1, 0.15) is 11.5 Å². The molecule has 0 saturated heterocycles. The Hall–Kier alpha value is -2.44. The van der Waals surface area contributed by atoms with Crippen molar-refractivity contribution < 1.29 is 19.1 Å². The lowest BCUT2D eigenvalue weighted by atomic mass is 9.90. The zero-order valence-corrected chi connectivity index (χ0v) is 19.8. The van der Waals surface area contributed by atoms with Gasteiger partial charge in [0.15, 0.2) is 13.2 Å². The second kappa shape index (κ2) is 11.4. The first-order valence-electron chi connectivity index (χ1n) is 10.7. The van der Waals surface area contributed by atoms with Crippen molar-refractivity contribution in [2.45, 2.75) is 51.6 Å². The molecule has 1 fully saturated rings. The minimum absolute atomic E-state index is 0.0986. The summed E-state index contributed by atoms with van der Waals surface area (Å²) in [5, 5.41) is 7.25. The molecule has 32 heavy (non-hydrogen) atoms. The number of carbonyl (C=O) groups is 2. The Labute approximate surface area is 198 Å². The lowest BCUT2D eigenvalue weighted by molar-refractivity contribution is -0.127. The number of benzene rings is 2. The highest BCUT2D eigenvalue weighted by Crippen LogP contribution is 2.23. The second-order valence-electron chi connectivity index (χ2n) is 8.03. The fourth-order valence-corrected chi connectivity index (χ4v) is 4.26. The highest BCUT2D eigenvalue weighted by molar-refractivity contribution is 6.31. The molecule has 0 bridgehead atoms. The summed E-state index contributed by atoms with van der Waals surface area (Å²) >= 11 is 11.9. The molecule has 1 saturated carbocycles. The molecule has 2 amide bonds. The van der Waals surface area contributed by atoms with Gasteiger partial charge in [-0.1, -0.05) is 36.0 Å². The fourth-order valence-electron chi connectivity index (χ4n) is 3.81. The van der Waals surface area contributed by atoms with E-state index in [1.165, 1.54) is 0 Å². The second-order valence-corrected chi connectivity index (χ2v) is 8.90. The largest absolute Gasteiger partial charge is 0.484 e.